The molecule has 3 rings (SSSR count). The summed E-state index contributed by atoms with van der Waals surface area (Å²) < 4.78 is 0. The molecule has 20 heavy (non-hydrogen) atoms. The third-order valence-electron chi connectivity index (χ3n) is 5.04. The number of amides is 2. The Kier molecular flexibility index (Phi) is 4.27. The molecule has 4 heteroatoms. The number of rotatable bonds is 3. The van der Waals surface area contributed by atoms with E-state index in [0.717, 1.165) is 64.5 Å². The van der Waals surface area contributed by atoms with Gasteiger partial charge in [0.05, 0.1) is 0 Å². The molecule has 0 atom stereocenters. The SMILES string of the molecule is O=C(NC1CC1)C1CCC(C(=O)N2CCCCC2)CC1. The Morgan fingerprint density at radius 2 is 1.40 bits per heavy atom. The van der Waals surface area contributed by atoms with Crippen molar-refractivity contribution in [2.75, 3.05) is 13.1 Å². The maximum Gasteiger partial charge on any atom is 0.225 e. The van der Waals surface area contributed by atoms with Gasteiger partial charge < -0.3 is 10.2 Å². The number of carbonyl (C=O) groups is 2. The van der Waals surface area contributed by atoms with E-state index in [4.69, 9.17) is 0 Å². The lowest BCUT2D eigenvalue weighted by Crippen LogP contribution is -2.42. The summed E-state index contributed by atoms with van der Waals surface area (Å²) in [5, 5.41) is 3.10. The summed E-state index contributed by atoms with van der Waals surface area (Å²) in [6.45, 7) is 1.89. The van der Waals surface area contributed by atoms with E-state index in [-0.39, 0.29) is 17.7 Å². The van der Waals surface area contributed by atoms with Crippen molar-refractivity contribution in [1.82, 2.24) is 10.2 Å². The van der Waals surface area contributed by atoms with E-state index < -0.39 is 0 Å². The maximum absolute atomic E-state index is 12.4. The van der Waals surface area contributed by atoms with Crippen LogP contribution < -0.4 is 5.32 Å². The molecule has 1 saturated heterocycles. The molecular formula is C16H26N2O2. The molecule has 112 valence electrons. The van der Waals surface area contributed by atoms with Gasteiger partial charge in [-0.2, -0.15) is 0 Å². The number of hydrogen-bond acceptors (Lipinski definition) is 2. The fraction of sp³-hybridized carbons (Fsp3) is 0.875. The molecule has 1 heterocycles. The van der Waals surface area contributed by atoms with Gasteiger partial charge >= 0.3 is 0 Å². The summed E-state index contributed by atoms with van der Waals surface area (Å²) in [4.78, 5) is 26.5. The first kappa shape index (κ1) is 13.9. The van der Waals surface area contributed by atoms with E-state index in [1.54, 1.807) is 0 Å². The van der Waals surface area contributed by atoms with E-state index in [0.29, 0.717) is 11.9 Å². The van der Waals surface area contributed by atoms with Gasteiger partial charge in [0.15, 0.2) is 0 Å². The second kappa shape index (κ2) is 6.15. The largest absolute Gasteiger partial charge is 0.353 e. The quantitative estimate of drug-likeness (QED) is 0.859. The first-order chi connectivity index (χ1) is 9.74. The average molecular weight is 278 g/mol. The lowest BCUT2D eigenvalue weighted by Gasteiger charge is -2.33. The van der Waals surface area contributed by atoms with Crippen molar-refractivity contribution < 1.29 is 9.59 Å². The minimum absolute atomic E-state index is 0.154. The third-order valence-corrected chi connectivity index (χ3v) is 5.04. The molecule has 0 aromatic heterocycles. The second-order valence-corrected chi connectivity index (χ2v) is 6.72. The van der Waals surface area contributed by atoms with Crippen LogP contribution in [0.2, 0.25) is 0 Å². The second-order valence-electron chi connectivity index (χ2n) is 6.72. The van der Waals surface area contributed by atoms with Crippen LogP contribution in [-0.4, -0.2) is 35.8 Å². The lowest BCUT2D eigenvalue weighted by atomic mass is 9.80. The zero-order valence-electron chi connectivity index (χ0n) is 12.3. The summed E-state index contributed by atoms with van der Waals surface area (Å²) in [7, 11) is 0. The Labute approximate surface area is 121 Å². The highest BCUT2D eigenvalue weighted by atomic mass is 16.2. The molecule has 0 aromatic carbocycles. The van der Waals surface area contributed by atoms with Crippen LogP contribution >= 0.6 is 0 Å². The number of nitrogens with zero attached hydrogens (tertiary/aromatic N) is 1. The van der Waals surface area contributed by atoms with Crippen LogP contribution in [0.1, 0.15) is 57.8 Å². The summed E-state index contributed by atoms with van der Waals surface area (Å²) >= 11 is 0. The average Bonchev–Trinajstić information content (AvgIpc) is 3.31. The number of nitrogens with one attached hydrogen (secondary N) is 1. The van der Waals surface area contributed by atoms with Crippen LogP contribution in [0.3, 0.4) is 0 Å². The molecule has 0 spiro atoms. The lowest BCUT2D eigenvalue weighted by molar-refractivity contribution is -0.139. The van der Waals surface area contributed by atoms with E-state index in [1.165, 1.54) is 6.42 Å². The Hall–Kier alpha value is -1.06. The summed E-state index contributed by atoms with van der Waals surface area (Å²) in [5.41, 5.74) is 0. The van der Waals surface area contributed by atoms with Gasteiger partial charge in [0.2, 0.25) is 11.8 Å². The van der Waals surface area contributed by atoms with Gasteiger partial charge in [-0.15, -0.1) is 0 Å². The maximum atomic E-state index is 12.4. The van der Waals surface area contributed by atoms with Crippen molar-refractivity contribution in [2.24, 2.45) is 11.8 Å². The van der Waals surface area contributed by atoms with Crippen LogP contribution in [0, 0.1) is 11.8 Å². The zero-order valence-corrected chi connectivity index (χ0v) is 12.3. The van der Waals surface area contributed by atoms with E-state index in [2.05, 4.69) is 10.2 Å². The highest BCUT2D eigenvalue weighted by Gasteiger charge is 2.34. The van der Waals surface area contributed by atoms with Gasteiger partial charge in [0.25, 0.3) is 0 Å². The van der Waals surface area contributed by atoms with Crippen LogP contribution in [-0.2, 0) is 9.59 Å². The molecule has 3 aliphatic rings. The van der Waals surface area contributed by atoms with Crippen LogP contribution in [0.5, 0.6) is 0 Å². The van der Waals surface area contributed by atoms with E-state index in [9.17, 15) is 9.59 Å². The van der Waals surface area contributed by atoms with Crippen LogP contribution in [0.15, 0.2) is 0 Å². The predicted octanol–water partition coefficient (Wildman–Crippen LogP) is 2.08. The standard InChI is InChI=1S/C16H26N2O2/c19-15(17-14-8-9-14)12-4-6-13(7-5-12)16(20)18-10-2-1-3-11-18/h12-14H,1-11H2,(H,17,19). The predicted molar refractivity (Wildman–Crippen MR) is 77.0 cm³/mol. The number of likely N-dealkylation sites (tertiary alicyclic amines) is 1. The van der Waals surface area contributed by atoms with Crippen molar-refractivity contribution in [3.8, 4) is 0 Å². The molecule has 2 saturated carbocycles. The summed E-state index contributed by atoms with van der Waals surface area (Å²) in [6, 6.07) is 0.454. The van der Waals surface area contributed by atoms with Crippen LogP contribution in [0.4, 0.5) is 0 Å². The van der Waals surface area contributed by atoms with Crippen molar-refractivity contribution >= 4 is 11.8 Å². The minimum atomic E-state index is 0.154. The molecule has 0 aromatic rings. The molecule has 4 nitrogen and oxygen atoms in total. The minimum Gasteiger partial charge on any atom is -0.353 e. The zero-order chi connectivity index (χ0) is 13.9. The van der Waals surface area contributed by atoms with Gasteiger partial charge in [-0.05, 0) is 57.8 Å². The smallest absolute Gasteiger partial charge is 0.225 e. The van der Waals surface area contributed by atoms with Gasteiger partial charge in [-0.3, -0.25) is 9.59 Å². The van der Waals surface area contributed by atoms with Crippen molar-refractivity contribution in [3.63, 3.8) is 0 Å². The summed E-state index contributed by atoms with van der Waals surface area (Å²) in [6.07, 6.45) is 9.46. The molecular weight excluding hydrogens is 252 g/mol. The third kappa shape index (κ3) is 3.33. The Balaban J connectivity index is 1.45. The Morgan fingerprint density at radius 3 is 2.00 bits per heavy atom. The van der Waals surface area contributed by atoms with Crippen molar-refractivity contribution in [3.05, 3.63) is 0 Å². The highest BCUT2D eigenvalue weighted by molar-refractivity contribution is 5.81. The molecule has 0 unspecified atom stereocenters. The molecule has 0 radical (unpaired) electrons. The van der Waals surface area contributed by atoms with Gasteiger partial charge in [0.1, 0.15) is 0 Å². The molecule has 1 aliphatic heterocycles. The fourth-order valence-corrected chi connectivity index (χ4v) is 3.52. The molecule has 0 bridgehead atoms. The Morgan fingerprint density at radius 1 is 0.800 bits per heavy atom. The van der Waals surface area contributed by atoms with Crippen molar-refractivity contribution in [1.29, 1.82) is 0 Å². The fourth-order valence-electron chi connectivity index (χ4n) is 3.52. The van der Waals surface area contributed by atoms with Gasteiger partial charge in [-0.1, -0.05) is 0 Å². The monoisotopic (exact) mass is 278 g/mol. The molecule has 3 fully saturated rings. The van der Waals surface area contributed by atoms with Gasteiger partial charge in [-0.25, -0.2) is 0 Å². The molecule has 1 N–H and O–H groups in total. The molecule has 2 aliphatic carbocycles. The number of carbonyl (C=O) groups excluding carboxylic acids is 2. The number of hydrogen-bond donors (Lipinski definition) is 1. The van der Waals surface area contributed by atoms with Crippen LogP contribution in [0.25, 0.3) is 0 Å². The normalized spacial score (nSPS) is 30.9. The highest BCUT2D eigenvalue weighted by Crippen LogP contribution is 2.31. The number of piperidine rings is 1. The first-order valence-corrected chi connectivity index (χ1v) is 8.33. The molecule has 2 amide bonds. The topological polar surface area (TPSA) is 49.4 Å². The van der Waals surface area contributed by atoms with E-state index in [1.807, 2.05) is 0 Å². The first-order valence-electron chi connectivity index (χ1n) is 8.33. The van der Waals surface area contributed by atoms with E-state index >= 15 is 0 Å². The Bertz CT molecular complexity index is 365. The summed E-state index contributed by atoms with van der Waals surface area (Å²) in [5.74, 6) is 0.918. The van der Waals surface area contributed by atoms with Gasteiger partial charge in [0, 0.05) is 31.0 Å². The van der Waals surface area contributed by atoms with Crippen molar-refractivity contribution in [2.45, 2.75) is 63.8 Å².